The Bertz CT molecular complexity index is 685. The maximum Gasteiger partial charge on any atom is 0.293 e. The molecule has 2 N–H and O–H groups in total. The van der Waals surface area contributed by atoms with Crippen LogP contribution in [0.1, 0.15) is 0 Å². The van der Waals surface area contributed by atoms with Crippen LogP contribution in [-0.2, 0) is 0 Å². The first-order chi connectivity index (χ1) is 8.25. The Kier molecular flexibility index (Phi) is 2.37. The highest BCUT2D eigenvalue weighted by molar-refractivity contribution is 9.10. The molecule has 0 aliphatic heterocycles. The number of hydrogen-bond donors (Lipinski definition) is 1. The quantitative estimate of drug-likeness (QED) is 0.740. The third-order valence-corrected chi connectivity index (χ3v) is 3.18. The molecule has 1 aromatic heterocycles. The molecule has 3 nitrogen and oxygen atoms in total. The molecule has 0 radical (unpaired) electrons. The molecule has 84 valence electrons. The van der Waals surface area contributed by atoms with Crippen LogP contribution >= 0.6 is 15.9 Å². The van der Waals surface area contributed by atoms with Gasteiger partial charge in [0, 0.05) is 5.56 Å². The molecule has 0 spiro atoms. The van der Waals surface area contributed by atoms with Crippen LogP contribution < -0.4 is 5.73 Å². The number of benzene rings is 2. The van der Waals surface area contributed by atoms with Gasteiger partial charge in [0.25, 0.3) is 6.01 Å². The number of hydrogen-bond acceptors (Lipinski definition) is 3. The first-order valence-electron chi connectivity index (χ1n) is 5.15. The van der Waals surface area contributed by atoms with Crippen LogP contribution in [0.2, 0.25) is 0 Å². The minimum absolute atomic E-state index is 0.166. The Morgan fingerprint density at radius 2 is 1.82 bits per heavy atom. The molecule has 0 bridgehead atoms. The molecule has 3 rings (SSSR count). The zero-order valence-electron chi connectivity index (χ0n) is 8.85. The Morgan fingerprint density at radius 1 is 1.06 bits per heavy atom. The van der Waals surface area contributed by atoms with Gasteiger partial charge in [0.15, 0.2) is 4.67 Å². The maximum absolute atomic E-state index is 5.55. The van der Waals surface area contributed by atoms with Gasteiger partial charge in [-0.05, 0) is 26.7 Å². The lowest BCUT2D eigenvalue weighted by Crippen LogP contribution is -1.85. The molecule has 0 fully saturated rings. The predicted octanol–water partition coefficient (Wildman–Crippen LogP) is 3.84. The van der Waals surface area contributed by atoms with Crippen molar-refractivity contribution in [2.45, 2.75) is 0 Å². The summed E-state index contributed by atoms with van der Waals surface area (Å²) in [6, 6.07) is 14.4. The maximum atomic E-state index is 5.55. The Hall–Kier alpha value is -1.81. The van der Waals surface area contributed by atoms with E-state index in [0.29, 0.717) is 4.67 Å². The lowest BCUT2D eigenvalue weighted by molar-refractivity contribution is 0.556. The summed E-state index contributed by atoms with van der Waals surface area (Å²) in [6.45, 7) is 0. The zero-order valence-corrected chi connectivity index (χ0v) is 10.4. The second kappa shape index (κ2) is 3.89. The lowest BCUT2D eigenvalue weighted by atomic mass is 10.0. The summed E-state index contributed by atoms with van der Waals surface area (Å²) >= 11 is 3.33. The largest absolute Gasteiger partial charge is 0.416 e. The smallest absolute Gasteiger partial charge is 0.293 e. The number of halogens is 1. The second-order valence-electron chi connectivity index (χ2n) is 3.70. The highest BCUT2D eigenvalue weighted by atomic mass is 79.9. The minimum atomic E-state index is 0.166. The molecule has 3 aromatic rings. The minimum Gasteiger partial charge on any atom is -0.416 e. The second-order valence-corrected chi connectivity index (χ2v) is 4.42. The fourth-order valence-corrected chi connectivity index (χ4v) is 2.38. The van der Waals surface area contributed by atoms with E-state index in [1.807, 2.05) is 24.3 Å². The van der Waals surface area contributed by atoms with Crippen molar-refractivity contribution in [3.8, 4) is 11.3 Å². The SMILES string of the molecule is Nc1nc(-c2cccc3ccccc23)c(Br)o1. The van der Waals surface area contributed by atoms with E-state index in [9.17, 15) is 0 Å². The van der Waals surface area contributed by atoms with Crippen molar-refractivity contribution in [2.75, 3.05) is 5.73 Å². The summed E-state index contributed by atoms with van der Waals surface area (Å²) in [5, 5.41) is 2.29. The van der Waals surface area contributed by atoms with E-state index in [2.05, 4.69) is 39.1 Å². The summed E-state index contributed by atoms with van der Waals surface area (Å²) in [4.78, 5) is 4.19. The molecule has 0 saturated heterocycles. The summed E-state index contributed by atoms with van der Waals surface area (Å²) in [6.07, 6.45) is 0. The Balaban J connectivity index is 2.34. The van der Waals surface area contributed by atoms with Gasteiger partial charge in [-0.2, -0.15) is 4.98 Å². The van der Waals surface area contributed by atoms with Crippen LogP contribution in [0, 0.1) is 0 Å². The van der Waals surface area contributed by atoms with Gasteiger partial charge in [-0.1, -0.05) is 42.5 Å². The normalized spacial score (nSPS) is 10.9. The summed E-state index contributed by atoms with van der Waals surface area (Å²) < 4.78 is 5.76. The van der Waals surface area contributed by atoms with E-state index >= 15 is 0 Å². The van der Waals surface area contributed by atoms with Crippen LogP contribution in [0.5, 0.6) is 0 Å². The first kappa shape index (κ1) is 10.4. The fourth-order valence-electron chi connectivity index (χ4n) is 1.92. The van der Waals surface area contributed by atoms with E-state index in [1.54, 1.807) is 0 Å². The van der Waals surface area contributed by atoms with Crippen LogP contribution in [-0.4, -0.2) is 4.98 Å². The molecular formula is C13H9BrN2O. The first-order valence-corrected chi connectivity index (χ1v) is 5.95. The monoisotopic (exact) mass is 288 g/mol. The average molecular weight is 289 g/mol. The standard InChI is InChI=1S/C13H9BrN2O/c14-12-11(16-13(15)17-12)10-7-3-5-8-4-1-2-6-9(8)10/h1-7H,(H2,15,16). The Labute approximate surface area is 106 Å². The van der Waals surface area contributed by atoms with Gasteiger partial charge < -0.3 is 10.2 Å². The van der Waals surface area contributed by atoms with E-state index in [4.69, 9.17) is 10.2 Å². The van der Waals surface area contributed by atoms with Crippen molar-refractivity contribution in [1.29, 1.82) is 0 Å². The van der Waals surface area contributed by atoms with E-state index in [0.717, 1.165) is 16.6 Å². The van der Waals surface area contributed by atoms with Gasteiger partial charge in [0.2, 0.25) is 0 Å². The molecule has 1 heterocycles. The molecule has 0 aliphatic rings. The number of nitrogen functional groups attached to an aromatic ring is 1. The summed E-state index contributed by atoms with van der Waals surface area (Å²) in [5.41, 5.74) is 7.30. The predicted molar refractivity (Wildman–Crippen MR) is 71.6 cm³/mol. The highest BCUT2D eigenvalue weighted by Gasteiger charge is 2.13. The molecule has 0 unspecified atom stereocenters. The Morgan fingerprint density at radius 3 is 2.59 bits per heavy atom. The fraction of sp³-hybridized carbons (Fsp3) is 0. The molecule has 0 aliphatic carbocycles. The van der Waals surface area contributed by atoms with Crippen LogP contribution in [0.15, 0.2) is 51.6 Å². The van der Waals surface area contributed by atoms with Crippen molar-refractivity contribution < 1.29 is 4.42 Å². The highest BCUT2D eigenvalue weighted by Crippen LogP contribution is 2.34. The number of oxazole rings is 1. The molecule has 0 amide bonds. The zero-order chi connectivity index (χ0) is 11.8. The molecule has 4 heteroatoms. The molecule has 0 atom stereocenters. The third kappa shape index (κ3) is 1.70. The summed E-state index contributed by atoms with van der Waals surface area (Å²) in [5.74, 6) is 0. The lowest BCUT2D eigenvalue weighted by Gasteiger charge is -2.03. The molecule has 17 heavy (non-hydrogen) atoms. The number of aromatic nitrogens is 1. The number of nitrogens with two attached hydrogens (primary N) is 1. The number of anilines is 1. The number of fused-ring (bicyclic) bond motifs is 1. The van der Waals surface area contributed by atoms with E-state index < -0.39 is 0 Å². The van der Waals surface area contributed by atoms with Gasteiger partial charge in [0.05, 0.1) is 0 Å². The van der Waals surface area contributed by atoms with Crippen LogP contribution in [0.25, 0.3) is 22.0 Å². The number of nitrogens with zero attached hydrogens (tertiary/aromatic N) is 1. The summed E-state index contributed by atoms with van der Waals surface area (Å²) in [7, 11) is 0. The van der Waals surface area contributed by atoms with E-state index in [-0.39, 0.29) is 6.01 Å². The van der Waals surface area contributed by atoms with E-state index in [1.165, 1.54) is 5.39 Å². The van der Waals surface area contributed by atoms with Gasteiger partial charge >= 0.3 is 0 Å². The van der Waals surface area contributed by atoms with Crippen LogP contribution in [0.3, 0.4) is 0 Å². The van der Waals surface area contributed by atoms with Crippen molar-refractivity contribution >= 4 is 32.7 Å². The van der Waals surface area contributed by atoms with Gasteiger partial charge in [-0.15, -0.1) is 0 Å². The van der Waals surface area contributed by atoms with Crippen molar-refractivity contribution in [2.24, 2.45) is 0 Å². The van der Waals surface area contributed by atoms with Gasteiger partial charge in [-0.3, -0.25) is 0 Å². The topological polar surface area (TPSA) is 52.0 Å². The molecule has 0 saturated carbocycles. The van der Waals surface area contributed by atoms with Gasteiger partial charge in [0.1, 0.15) is 5.69 Å². The third-order valence-electron chi connectivity index (χ3n) is 2.65. The van der Waals surface area contributed by atoms with Crippen molar-refractivity contribution in [3.63, 3.8) is 0 Å². The van der Waals surface area contributed by atoms with Gasteiger partial charge in [-0.25, -0.2) is 0 Å². The van der Waals surface area contributed by atoms with Crippen LogP contribution in [0.4, 0.5) is 6.01 Å². The average Bonchev–Trinajstić information content (AvgIpc) is 2.68. The number of rotatable bonds is 1. The van der Waals surface area contributed by atoms with Crippen molar-refractivity contribution in [3.05, 3.63) is 47.1 Å². The molecular weight excluding hydrogens is 280 g/mol. The van der Waals surface area contributed by atoms with Crippen molar-refractivity contribution in [1.82, 2.24) is 4.98 Å². The molecule has 2 aromatic carbocycles.